The molecule has 0 amide bonds. The molecule has 0 bridgehead atoms. The standard InChI is InChI=1S/C12H14O3/c1-2-8-15-12(14)11(13)9-10-6-4-3-5-7-10/h2-7,11,13H,1,8-9H2/t11-/m1/s1. The van der Waals surface area contributed by atoms with Gasteiger partial charge in [0.1, 0.15) is 6.61 Å². The monoisotopic (exact) mass is 206 g/mol. The van der Waals surface area contributed by atoms with Crippen LogP contribution in [0.15, 0.2) is 43.0 Å². The van der Waals surface area contributed by atoms with E-state index in [1.807, 2.05) is 30.3 Å². The molecule has 80 valence electrons. The van der Waals surface area contributed by atoms with E-state index in [4.69, 9.17) is 4.74 Å². The third-order valence-corrected chi connectivity index (χ3v) is 1.89. The van der Waals surface area contributed by atoms with Crippen LogP contribution in [0, 0.1) is 0 Å². The zero-order chi connectivity index (χ0) is 11.1. The molecular formula is C12H14O3. The Morgan fingerprint density at radius 3 is 2.73 bits per heavy atom. The molecule has 0 aliphatic rings. The summed E-state index contributed by atoms with van der Waals surface area (Å²) < 4.78 is 4.72. The molecule has 1 rings (SSSR count). The third-order valence-electron chi connectivity index (χ3n) is 1.89. The molecular weight excluding hydrogens is 192 g/mol. The normalized spacial score (nSPS) is 11.8. The predicted octanol–water partition coefficient (Wildman–Crippen LogP) is 1.32. The maximum Gasteiger partial charge on any atom is 0.335 e. The molecule has 0 saturated heterocycles. The van der Waals surface area contributed by atoms with Crippen molar-refractivity contribution in [2.24, 2.45) is 0 Å². The van der Waals surface area contributed by atoms with Crippen molar-refractivity contribution in [3.8, 4) is 0 Å². The van der Waals surface area contributed by atoms with Gasteiger partial charge in [-0.1, -0.05) is 43.0 Å². The summed E-state index contributed by atoms with van der Waals surface area (Å²) in [6, 6.07) is 9.30. The maximum absolute atomic E-state index is 11.2. The van der Waals surface area contributed by atoms with Crippen molar-refractivity contribution in [2.75, 3.05) is 6.61 Å². The smallest absolute Gasteiger partial charge is 0.335 e. The van der Waals surface area contributed by atoms with Crippen LogP contribution in [0.2, 0.25) is 0 Å². The van der Waals surface area contributed by atoms with Crippen LogP contribution in [0.25, 0.3) is 0 Å². The minimum absolute atomic E-state index is 0.130. The van der Waals surface area contributed by atoms with Crippen LogP contribution in [0.3, 0.4) is 0 Å². The molecule has 0 spiro atoms. The lowest BCUT2D eigenvalue weighted by Gasteiger charge is -2.09. The molecule has 3 heteroatoms. The van der Waals surface area contributed by atoms with E-state index in [1.165, 1.54) is 6.08 Å². The van der Waals surface area contributed by atoms with E-state index in [0.29, 0.717) is 0 Å². The molecule has 0 fully saturated rings. The molecule has 0 unspecified atom stereocenters. The van der Waals surface area contributed by atoms with Gasteiger partial charge in [0.2, 0.25) is 0 Å². The van der Waals surface area contributed by atoms with Crippen molar-refractivity contribution < 1.29 is 14.6 Å². The minimum atomic E-state index is -1.10. The van der Waals surface area contributed by atoms with Gasteiger partial charge in [-0.05, 0) is 5.56 Å². The number of esters is 1. The van der Waals surface area contributed by atoms with Crippen LogP contribution in [0.5, 0.6) is 0 Å². The van der Waals surface area contributed by atoms with Gasteiger partial charge >= 0.3 is 5.97 Å². The highest BCUT2D eigenvalue weighted by Crippen LogP contribution is 2.04. The molecule has 0 saturated carbocycles. The number of aliphatic hydroxyl groups excluding tert-OH is 1. The number of hydrogen-bond acceptors (Lipinski definition) is 3. The second-order valence-corrected chi connectivity index (χ2v) is 3.12. The number of carbonyl (C=O) groups is 1. The van der Waals surface area contributed by atoms with E-state index in [2.05, 4.69) is 6.58 Å². The number of ether oxygens (including phenoxy) is 1. The number of aliphatic hydroxyl groups is 1. The molecule has 3 nitrogen and oxygen atoms in total. The fourth-order valence-corrected chi connectivity index (χ4v) is 1.16. The highest BCUT2D eigenvalue weighted by molar-refractivity contribution is 5.74. The Hall–Kier alpha value is -1.61. The van der Waals surface area contributed by atoms with Crippen LogP contribution in [-0.2, 0) is 16.0 Å². The molecule has 15 heavy (non-hydrogen) atoms. The van der Waals surface area contributed by atoms with Crippen LogP contribution in [0.4, 0.5) is 0 Å². The average molecular weight is 206 g/mol. The van der Waals surface area contributed by atoms with Gasteiger partial charge in [0.05, 0.1) is 0 Å². The molecule has 1 N–H and O–H groups in total. The second kappa shape index (κ2) is 5.98. The van der Waals surface area contributed by atoms with Crippen molar-refractivity contribution in [1.29, 1.82) is 0 Å². The summed E-state index contributed by atoms with van der Waals surface area (Å²) in [7, 11) is 0. The van der Waals surface area contributed by atoms with E-state index in [0.717, 1.165) is 5.56 Å². The lowest BCUT2D eigenvalue weighted by Crippen LogP contribution is -2.25. The Balaban J connectivity index is 2.45. The van der Waals surface area contributed by atoms with Gasteiger partial charge < -0.3 is 9.84 Å². The number of benzene rings is 1. The summed E-state index contributed by atoms with van der Waals surface area (Å²) in [5.74, 6) is -0.612. The van der Waals surface area contributed by atoms with E-state index < -0.39 is 12.1 Å². The predicted molar refractivity (Wildman–Crippen MR) is 57.3 cm³/mol. The first-order valence-electron chi connectivity index (χ1n) is 4.73. The van der Waals surface area contributed by atoms with Crippen LogP contribution < -0.4 is 0 Å². The van der Waals surface area contributed by atoms with Gasteiger partial charge in [-0.15, -0.1) is 0 Å². The van der Waals surface area contributed by atoms with E-state index in [9.17, 15) is 9.90 Å². The number of rotatable bonds is 5. The zero-order valence-corrected chi connectivity index (χ0v) is 8.43. The Bertz CT molecular complexity index is 319. The SMILES string of the molecule is C=CCOC(=O)[C@H](O)Cc1ccccc1. The lowest BCUT2D eigenvalue weighted by molar-refractivity contribution is -0.152. The van der Waals surface area contributed by atoms with E-state index in [-0.39, 0.29) is 13.0 Å². The fraction of sp³-hybridized carbons (Fsp3) is 0.250. The van der Waals surface area contributed by atoms with Crippen molar-refractivity contribution in [1.82, 2.24) is 0 Å². The van der Waals surface area contributed by atoms with Crippen molar-refractivity contribution >= 4 is 5.97 Å². The Morgan fingerprint density at radius 2 is 2.13 bits per heavy atom. The minimum Gasteiger partial charge on any atom is -0.460 e. The van der Waals surface area contributed by atoms with Crippen molar-refractivity contribution in [3.05, 3.63) is 48.6 Å². The highest BCUT2D eigenvalue weighted by Gasteiger charge is 2.16. The molecule has 0 radical (unpaired) electrons. The van der Waals surface area contributed by atoms with E-state index in [1.54, 1.807) is 0 Å². The van der Waals surface area contributed by atoms with Gasteiger partial charge in [-0.2, -0.15) is 0 Å². The molecule has 0 aliphatic carbocycles. The Labute approximate surface area is 89.0 Å². The molecule has 1 atom stereocenters. The van der Waals surface area contributed by atoms with Gasteiger partial charge in [-0.3, -0.25) is 0 Å². The molecule has 0 aromatic heterocycles. The summed E-state index contributed by atoms with van der Waals surface area (Å²) >= 11 is 0. The van der Waals surface area contributed by atoms with Crippen LogP contribution >= 0.6 is 0 Å². The quantitative estimate of drug-likeness (QED) is 0.583. The average Bonchev–Trinajstić information content (AvgIpc) is 2.27. The highest BCUT2D eigenvalue weighted by atomic mass is 16.5. The summed E-state index contributed by atoms with van der Waals surface area (Å²) in [5.41, 5.74) is 0.903. The first-order chi connectivity index (χ1) is 7.24. The first kappa shape index (κ1) is 11.5. The van der Waals surface area contributed by atoms with Gasteiger partial charge in [0, 0.05) is 6.42 Å². The zero-order valence-electron chi connectivity index (χ0n) is 8.43. The second-order valence-electron chi connectivity index (χ2n) is 3.12. The van der Waals surface area contributed by atoms with Gasteiger partial charge in [0.15, 0.2) is 6.10 Å². The first-order valence-corrected chi connectivity index (χ1v) is 4.73. The lowest BCUT2D eigenvalue weighted by atomic mass is 10.1. The summed E-state index contributed by atoms with van der Waals surface area (Å²) in [6.45, 7) is 3.55. The maximum atomic E-state index is 11.2. The molecule has 0 heterocycles. The van der Waals surface area contributed by atoms with Crippen LogP contribution in [0.1, 0.15) is 5.56 Å². The van der Waals surface area contributed by atoms with Crippen LogP contribution in [-0.4, -0.2) is 23.8 Å². The topological polar surface area (TPSA) is 46.5 Å². The van der Waals surface area contributed by atoms with Crippen molar-refractivity contribution in [3.63, 3.8) is 0 Å². The molecule has 0 aliphatic heterocycles. The van der Waals surface area contributed by atoms with Gasteiger partial charge in [0.25, 0.3) is 0 Å². The number of hydrogen-bond donors (Lipinski definition) is 1. The fourth-order valence-electron chi connectivity index (χ4n) is 1.16. The summed E-state index contributed by atoms with van der Waals surface area (Å²) in [5, 5.41) is 9.49. The Morgan fingerprint density at radius 1 is 1.47 bits per heavy atom. The van der Waals surface area contributed by atoms with Crippen molar-refractivity contribution in [2.45, 2.75) is 12.5 Å². The summed E-state index contributed by atoms with van der Waals surface area (Å²) in [6.07, 6.45) is 0.636. The molecule has 1 aromatic carbocycles. The molecule has 1 aromatic rings. The largest absolute Gasteiger partial charge is 0.460 e. The van der Waals surface area contributed by atoms with E-state index >= 15 is 0 Å². The van der Waals surface area contributed by atoms with Gasteiger partial charge in [-0.25, -0.2) is 4.79 Å². The number of carbonyl (C=O) groups excluding carboxylic acids is 1. The summed E-state index contributed by atoms with van der Waals surface area (Å²) in [4.78, 5) is 11.2. The third kappa shape index (κ3) is 3.95. The Kier molecular flexibility index (Phi) is 4.57.